The third kappa shape index (κ3) is 2.39. The van der Waals surface area contributed by atoms with Gasteiger partial charge in [-0.05, 0) is 43.2 Å². The van der Waals surface area contributed by atoms with Crippen molar-refractivity contribution >= 4 is 23.4 Å². The minimum absolute atomic E-state index is 0.725. The van der Waals surface area contributed by atoms with Gasteiger partial charge < -0.3 is 5.32 Å². The third-order valence-electron chi connectivity index (χ3n) is 3.00. The van der Waals surface area contributed by atoms with Crippen LogP contribution in [0, 0.1) is 6.92 Å². The molecule has 17 heavy (non-hydrogen) atoms. The molecule has 0 bridgehead atoms. The van der Waals surface area contributed by atoms with E-state index in [1.54, 1.807) is 0 Å². The van der Waals surface area contributed by atoms with Crippen molar-refractivity contribution in [1.82, 2.24) is 14.6 Å². The van der Waals surface area contributed by atoms with E-state index >= 15 is 0 Å². The van der Waals surface area contributed by atoms with Crippen molar-refractivity contribution in [2.24, 2.45) is 0 Å². The van der Waals surface area contributed by atoms with Gasteiger partial charge in [0.2, 0.25) is 5.95 Å². The van der Waals surface area contributed by atoms with E-state index in [4.69, 9.17) is 0 Å². The van der Waals surface area contributed by atoms with E-state index in [9.17, 15) is 0 Å². The molecule has 1 unspecified atom stereocenters. The molecule has 1 atom stereocenters. The molecule has 90 valence electrons. The molecular weight excluding hydrogens is 232 g/mol. The van der Waals surface area contributed by atoms with Crippen LogP contribution in [0.25, 0.3) is 5.65 Å². The minimum Gasteiger partial charge on any atom is -0.352 e. The molecule has 2 aromatic heterocycles. The Hall–Kier alpha value is -1.23. The summed E-state index contributed by atoms with van der Waals surface area (Å²) in [5.74, 6) is 2.03. The maximum atomic E-state index is 4.47. The second-order valence-corrected chi connectivity index (χ2v) is 5.87. The van der Waals surface area contributed by atoms with Crippen LogP contribution < -0.4 is 5.32 Å². The first-order valence-corrected chi connectivity index (χ1v) is 7.05. The monoisotopic (exact) mass is 248 g/mol. The highest BCUT2D eigenvalue weighted by Gasteiger charge is 2.15. The molecule has 0 amide bonds. The normalized spacial score (nSPS) is 19.9. The number of rotatable bonds is 3. The molecule has 3 rings (SSSR count). The van der Waals surface area contributed by atoms with Gasteiger partial charge in [-0.3, -0.25) is 0 Å². The molecule has 0 aromatic carbocycles. The predicted molar refractivity (Wildman–Crippen MR) is 71.7 cm³/mol. The summed E-state index contributed by atoms with van der Waals surface area (Å²) in [4.78, 5) is 4.47. The van der Waals surface area contributed by atoms with Gasteiger partial charge in [0.25, 0.3) is 0 Å². The van der Waals surface area contributed by atoms with E-state index in [0.29, 0.717) is 0 Å². The molecule has 3 heterocycles. The van der Waals surface area contributed by atoms with E-state index in [-0.39, 0.29) is 0 Å². The van der Waals surface area contributed by atoms with Crippen molar-refractivity contribution in [3.05, 3.63) is 23.9 Å². The van der Waals surface area contributed by atoms with Crippen LogP contribution in [-0.2, 0) is 0 Å². The van der Waals surface area contributed by atoms with Crippen molar-refractivity contribution in [3.8, 4) is 0 Å². The fourth-order valence-electron chi connectivity index (χ4n) is 2.07. The zero-order chi connectivity index (χ0) is 11.7. The van der Waals surface area contributed by atoms with Crippen LogP contribution in [0.2, 0.25) is 0 Å². The summed E-state index contributed by atoms with van der Waals surface area (Å²) in [5.41, 5.74) is 2.12. The first-order valence-electron chi connectivity index (χ1n) is 6.00. The van der Waals surface area contributed by atoms with Crippen LogP contribution >= 0.6 is 11.8 Å². The lowest BCUT2D eigenvalue weighted by Gasteiger charge is -2.07. The number of anilines is 1. The summed E-state index contributed by atoms with van der Waals surface area (Å²) in [7, 11) is 0. The molecule has 2 aromatic rings. The minimum atomic E-state index is 0.725. The van der Waals surface area contributed by atoms with Gasteiger partial charge in [-0.1, -0.05) is 0 Å². The van der Waals surface area contributed by atoms with Gasteiger partial charge in [-0.2, -0.15) is 16.7 Å². The number of fused-ring (bicyclic) bond motifs is 1. The van der Waals surface area contributed by atoms with Crippen LogP contribution in [0.15, 0.2) is 18.3 Å². The van der Waals surface area contributed by atoms with Crippen molar-refractivity contribution in [3.63, 3.8) is 0 Å². The molecule has 1 aliphatic rings. The van der Waals surface area contributed by atoms with Crippen LogP contribution in [0.5, 0.6) is 0 Å². The summed E-state index contributed by atoms with van der Waals surface area (Å²) < 4.78 is 1.82. The van der Waals surface area contributed by atoms with Crippen molar-refractivity contribution < 1.29 is 0 Å². The summed E-state index contributed by atoms with van der Waals surface area (Å²) in [6.07, 6.45) is 4.60. The molecule has 5 heteroatoms. The maximum absolute atomic E-state index is 4.47. The second kappa shape index (κ2) is 4.56. The van der Waals surface area contributed by atoms with E-state index in [0.717, 1.165) is 23.4 Å². The molecule has 1 fully saturated rings. The summed E-state index contributed by atoms with van der Waals surface area (Å²) in [6, 6.07) is 4.08. The quantitative estimate of drug-likeness (QED) is 0.905. The Bertz CT molecular complexity index is 516. The zero-order valence-electron chi connectivity index (χ0n) is 9.89. The van der Waals surface area contributed by atoms with Crippen molar-refractivity contribution in [1.29, 1.82) is 0 Å². The Balaban J connectivity index is 1.72. The van der Waals surface area contributed by atoms with E-state index < -0.39 is 0 Å². The SMILES string of the molecule is Cc1ccn2nc(NCC3CCCS3)nc2c1. The average molecular weight is 248 g/mol. The van der Waals surface area contributed by atoms with E-state index in [1.165, 1.54) is 24.2 Å². The molecule has 0 radical (unpaired) electrons. The van der Waals surface area contributed by atoms with Crippen LogP contribution in [0.4, 0.5) is 5.95 Å². The molecule has 1 saturated heterocycles. The van der Waals surface area contributed by atoms with Crippen molar-refractivity contribution in [2.75, 3.05) is 17.6 Å². The standard InChI is InChI=1S/C12H16N4S/c1-9-4-5-16-11(7-9)14-12(15-16)13-8-10-3-2-6-17-10/h4-5,7,10H,2-3,6,8H2,1H3,(H,13,15). The molecular formula is C12H16N4S. The molecule has 0 saturated carbocycles. The lowest BCUT2D eigenvalue weighted by Crippen LogP contribution is -2.14. The molecule has 1 N–H and O–H groups in total. The lowest BCUT2D eigenvalue weighted by molar-refractivity contribution is 0.799. The van der Waals surface area contributed by atoms with Gasteiger partial charge in [0.1, 0.15) is 0 Å². The number of aryl methyl sites for hydroxylation is 1. The fourth-order valence-corrected chi connectivity index (χ4v) is 3.27. The third-order valence-corrected chi connectivity index (χ3v) is 4.40. The maximum Gasteiger partial charge on any atom is 0.243 e. The summed E-state index contributed by atoms with van der Waals surface area (Å²) in [5, 5.41) is 8.46. The first-order chi connectivity index (χ1) is 8.31. The number of hydrogen-bond acceptors (Lipinski definition) is 4. The van der Waals surface area contributed by atoms with Gasteiger partial charge >= 0.3 is 0 Å². The van der Waals surface area contributed by atoms with Crippen LogP contribution in [0.1, 0.15) is 18.4 Å². The molecule has 0 spiro atoms. The fraction of sp³-hybridized carbons (Fsp3) is 0.500. The van der Waals surface area contributed by atoms with Gasteiger partial charge in [0.05, 0.1) is 0 Å². The Labute approximate surface area is 105 Å². The highest BCUT2D eigenvalue weighted by Crippen LogP contribution is 2.25. The largest absolute Gasteiger partial charge is 0.352 e. The van der Waals surface area contributed by atoms with E-state index in [2.05, 4.69) is 22.3 Å². The number of thioether (sulfide) groups is 1. The van der Waals surface area contributed by atoms with Gasteiger partial charge in [-0.15, -0.1) is 5.10 Å². The Kier molecular flexibility index (Phi) is 2.93. The Morgan fingerprint density at radius 1 is 1.59 bits per heavy atom. The predicted octanol–water partition coefficient (Wildman–Crippen LogP) is 2.35. The number of pyridine rings is 1. The number of aromatic nitrogens is 3. The first kappa shape index (κ1) is 10.9. The number of nitrogens with zero attached hydrogens (tertiary/aromatic N) is 3. The second-order valence-electron chi connectivity index (χ2n) is 4.46. The molecule has 1 aliphatic heterocycles. The number of hydrogen-bond donors (Lipinski definition) is 1. The van der Waals surface area contributed by atoms with Crippen LogP contribution in [-0.4, -0.2) is 32.1 Å². The number of nitrogens with one attached hydrogen (secondary N) is 1. The summed E-state index contributed by atoms with van der Waals surface area (Å²) >= 11 is 2.05. The van der Waals surface area contributed by atoms with Gasteiger partial charge in [0.15, 0.2) is 5.65 Å². The Morgan fingerprint density at radius 2 is 2.53 bits per heavy atom. The topological polar surface area (TPSA) is 42.2 Å². The smallest absolute Gasteiger partial charge is 0.243 e. The van der Waals surface area contributed by atoms with E-state index in [1.807, 2.05) is 34.6 Å². The zero-order valence-corrected chi connectivity index (χ0v) is 10.7. The lowest BCUT2D eigenvalue weighted by atomic mass is 10.2. The van der Waals surface area contributed by atoms with Gasteiger partial charge in [-0.25, -0.2) is 4.52 Å². The molecule has 0 aliphatic carbocycles. The Morgan fingerprint density at radius 3 is 3.35 bits per heavy atom. The summed E-state index contributed by atoms with van der Waals surface area (Å²) in [6.45, 7) is 3.04. The average Bonchev–Trinajstić information content (AvgIpc) is 2.94. The van der Waals surface area contributed by atoms with Crippen LogP contribution in [0.3, 0.4) is 0 Å². The highest BCUT2D eigenvalue weighted by molar-refractivity contribution is 8.00. The van der Waals surface area contributed by atoms with Crippen molar-refractivity contribution in [2.45, 2.75) is 25.0 Å². The molecule has 4 nitrogen and oxygen atoms in total. The van der Waals surface area contributed by atoms with Gasteiger partial charge in [0, 0.05) is 18.0 Å². The highest BCUT2D eigenvalue weighted by atomic mass is 32.2.